The summed E-state index contributed by atoms with van der Waals surface area (Å²) >= 11 is 12.1. The molecule has 5 heteroatoms. The highest BCUT2D eigenvalue weighted by Gasteiger charge is 2.20. The molecule has 0 spiro atoms. The summed E-state index contributed by atoms with van der Waals surface area (Å²) < 4.78 is 2.04. The van der Waals surface area contributed by atoms with E-state index >= 15 is 0 Å². The number of hydrogen-bond acceptors (Lipinski definition) is 2. The molecule has 94 valence electrons. The van der Waals surface area contributed by atoms with E-state index in [1.165, 1.54) is 6.42 Å². The molecule has 3 nitrogen and oxygen atoms in total. The summed E-state index contributed by atoms with van der Waals surface area (Å²) in [4.78, 5) is 4.24. The molecule has 0 amide bonds. The summed E-state index contributed by atoms with van der Waals surface area (Å²) in [5.74, 6) is 0. The van der Waals surface area contributed by atoms with Crippen LogP contribution in [0.5, 0.6) is 0 Å². The monoisotopic (exact) mass is 281 g/mol. The maximum absolute atomic E-state index is 6.05. The SMILES string of the molecule is Clc1cc(Cl)cc(-n2cncc2C2CCCN2)c1. The topological polar surface area (TPSA) is 29.9 Å². The number of benzene rings is 1. The predicted octanol–water partition coefficient (Wildman–Crippen LogP) is 3.60. The second-order valence-electron chi connectivity index (χ2n) is 4.47. The van der Waals surface area contributed by atoms with Crippen LogP contribution in [0, 0.1) is 0 Å². The quantitative estimate of drug-likeness (QED) is 0.912. The van der Waals surface area contributed by atoms with Gasteiger partial charge in [0.2, 0.25) is 0 Å². The van der Waals surface area contributed by atoms with Gasteiger partial charge in [-0.25, -0.2) is 4.98 Å². The first kappa shape index (κ1) is 12.0. The van der Waals surface area contributed by atoms with Gasteiger partial charge in [0.1, 0.15) is 0 Å². The van der Waals surface area contributed by atoms with Gasteiger partial charge in [-0.2, -0.15) is 0 Å². The van der Waals surface area contributed by atoms with Crippen molar-refractivity contribution < 1.29 is 0 Å². The van der Waals surface area contributed by atoms with Crippen molar-refractivity contribution in [3.8, 4) is 5.69 Å². The molecule has 2 heterocycles. The summed E-state index contributed by atoms with van der Waals surface area (Å²) in [6.07, 6.45) is 6.04. The zero-order valence-corrected chi connectivity index (χ0v) is 11.2. The highest BCUT2D eigenvalue weighted by Crippen LogP contribution is 2.27. The van der Waals surface area contributed by atoms with E-state index in [1.54, 1.807) is 12.4 Å². The van der Waals surface area contributed by atoms with Crippen molar-refractivity contribution in [1.29, 1.82) is 0 Å². The van der Waals surface area contributed by atoms with E-state index in [9.17, 15) is 0 Å². The largest absolute Gasteiger partial charge is 0.309 e. The molecule has 0 aliphatic carbocycles. The molecule has 1 aromatic heterocycles. The molecule has 0 bridgehead atoms. The van der Waals surface area contributed by atoms with Gasteiger partial charge in [-0.3, -0.25) is 0 Å². The second-order valence-corrected chi connectivity index (χ2v) is 5.34. The highest BCUT2D eigenvalue weighted by molar-refractivity contribution is 6.34. The maximum Gasteiger partial charge on any atom is 0.0994 e. The molecule has 1 atom stereocenters. The lowest BCUT2D eigenvalue weighted by molar-refractivity contribution is 0.615. The Balaban J connectivity index is 2.03. The highest BCUT2D eigenvalue weighted by atomic mass is 35.5. The van der Waals surface area contributed by atoms with Crippen LogP contribution in [-0.4, -0.2) is 16.1 Å². The van der Waals surface area contributed by atoms with E-state index in [0.717, 1.165) is 24.3 Å². The Morgan fingerprint density at radius 1 is 1.22 bits per heavy atom. The molecular weight excluding hydrogens is 269 g/mol. The number of nitrogens with one attached hydrogen (secondary N) is 1. The van der Waals surface area contributed by atoms with E-state index in [2.05, 4.69) is 10.3 Å². The van der Waals surface area contributed by atoms with Crippen molar-refractivity contribution in [2.75, 3.05) is 6.54 Å². The third-order valence-corrected chi connectivity index (χ3v) is 3.65. The normalized spacial score (nSPS) is 19.3. The Morgan fingerprint density at radius 2 is 2.00 bits per heavy atom. The fourth-order valence-corrected chi connectivity index (χ4v) is 2.91. The Kier molecular flexibility index (Phi) is 3.29. The van der Waals surface area contributed by atoms with Gasteiger partial charge in [-0.05, 0) is 37.6 Å². The van der Waals surface area contributed by atoms with Crippen molar-refractivity contribution in [2.45, 2.75) is 18.9 Å². The van der Waals surface area contributed by atoms with Crippen LogP contribution in [0.3, 0.4) is 0 Å². The van der Waals surface area contributed by atoms with E-state index < -0.39 is 0 Å². The first-order valence-electron chi connectivity index (χ1n) is 5.96. The van der Waals surface area contributed by atoms with Crippen LogP contribution >= 0.6 is 23.2 Å². The van der Waals surface area contributed by atoms with E-state index in [-0.39, 0.29) is 0 Å². The van der Waals surface area contributed by atoms with Crippen LogP contribution in [-0.2, 0) is 0 Å². The number of aromatic nitrogens is 2. The Hall–Kier alpha value is -1.03. The molecule has 2 aromatic rings. The van der Waals surface area contributed by atoms with Crippen LogP contribution < -0.4 is 5.32 Å². The molecule has 0 radical (unpaired) electrons. The first-order chi connectivity index (χ1) is 8.74. The zero-order valence-electron chi connectivity index (χ0n) is 9.74. The third kappa shape index (κ3) is 2.26. The van der Waals surface area contributed by atoms with Gasteiger partial charge < -0.3 is 9.88 Å². The Labute approximate surface area is 116 Å². The molecule has 1 aliphatic rings. The summed E-state index contributed by atoms with van der Waals surface area (Å²) in [5, 5.41) is 4.74. The molecule has 1 aromatic carbocycles. The van der Waals surface area contributed by atoms with Crippen LogP contribution in [0.4, 0.5) is 0 Å². The van der Waals surface area contributed by atoms with Gasteiger partial charge in [-0.15, -0.1) is 0 Å². The summed E-state index contributed by atoms with van der Waals surface area (Å²) in [5.41, 5.74) is 2.11. The smallest absolute Gasteiger partial charge is 0.0994 e. The van der Waals surface area contributed by atoms with Gasteiger partial charge in [0.05, 0.1) is 18.2 Å². The number of rotatable bonds is 2. The average Bonchev–Trinajstić information content (AvgIpc) is 2.98. The summed E-state index contributed by atoms with van der Waals surface area (Å²) in [6, 6.07) is 5.89. The van der Waals surface area contributed by atoms with Crippen molar-refractivity contribution in [3.63, 3.8) is 0 Å². The van der Waals surface area contributed by atoms with Crippen LogP contribution in [0.2, 0.25) is 10.0 Å². The third-order valence-electron chi connectivity index (χ3n) is 3.21. The minimum Gasteiger partial charge on any atom is -0.309 e. The van der Waals surface area contributed by atoms with Gasteiger partial charge in [0, 0.05) is 21.8 Å². The maximum atomic E-state index is 6.05. The Bertz CT molecular complexity index is 539. The van der Waals surface area contributed by atoms with Crippen LogP contribution in [0.15, 0.2) is 30.7 Å². The summed E-state index contributed by atoms with van der Waals surface area (Å²) in [6.45, 7) is 1.06. The predicted molar refractivity (Wildman–Crippen MR) is 73.6 cm³/mol. The number of nitrogens with zero attached hydrogens (tertiary/aromatic N) is 2. The van der Waals surface area contributed by atoms with Gasteiger partial charge in [-0.1, -0.05) is 23.2 Å². The zero-order chi connectivity index (χ0) is 12.5. The van der Waals surface area contributed by atoms with Crippen LogP contribution in [0.1, 0.15) is 24.6 Å². The molecule has 0 saturated carbocycles. The molecule has 3 rings (SSSR count). The minimum atomic E-state index is 0.366. The summed E-state index contributed by atoms with van der Waals surface area (Å²) in [7, 11) is 0. The van der Waals surface area contributed by atoms with Gasteiger partial charge in [0.15, 0.2) is 0 Å². The fraction of sp³-hybridized carbons (Fsp3) is 0.308. The molecule has 1 saturated heterocycles. The van der Waals surface area contributed by atoms with Gasteiger partial charge >= 0.3 is 0 Å². The van der Waals surface area contributed by atoms with Crippen molar-refractivity contribution in [2.24, 2.45) is 0 Å². The Morgan fingerprint density at radius 3 is 2.67 bits per heavy atom. The lowest BCUT2D eigenvalue weighted by Crippen LogP contribution is -2.16. The van der Waals surface area contributed by atoms with Crippen molar-refractivity contribution in [1.82, 2.24) is 14.9 Å². The molecule has 18 heavy (non-hydrogen) atoms. The van der Waals surface area contributed by atoms with E-state index in [0.29, 0.717) is 16.1 Å². The number of hydrogen-bond donors (Lipinski definition) is 1. The molecule has 1 aliphatic heterocycles. The molecule has 1 unspecified atom stereocenters. The van der Waals surface area contributed by atoms with E-state index in [1.807, 2.05) is 22.9 Å². The minimum absolute atomic E-state index is 0.366. The van der Waals surface area contributed by atoms with Crippen LogP contribution in [0.25, 0.3) is 5.69 Å². The molecule has 1 N–H and O–H groups in total. The van der Waals surface area contributed by atoms with Gasteiger partial charge in [0.25, 0.3) is 0 Å². The standard InChI is InChI=1S/C13H13Cl2N3/c14-9-4-10(15)6-11(5-9)18-8-16-7-13(18)12-2-1-3-17-12/h4-8,12,17H,1-3H2. The molecular formula is C13H13Cl2N3. The van der Waals surface area contributed by atoms with Crippen molar-refractivity contribution >= 4 is 23.2 Å². The number of imidazole rings is 1. The van der Waals surface area contributed by atoms with E-state index in [4.69, 9.17) is 23.2 Å². The lowest BCUT2D eigenvalue weighted by Gasteiger charge is -2.14. The number of halogens is 2. The lowest BCUT2D eigenvalue weighted by atomic mass is 10.1. The first-order valence-corrected chi connectivity index (χ1v) is 6.72. The fourth-order valence-electron chi connectivity index (χ4n) is 2.39. The average molecular weight is 282 g/mol. The molecule has 1 fully saturated rings. The second kappa shape index (κ2) is 4.92. The van der Waals surface area contributed by atoms with Crippen molar-refractivity contribution in [3.05, 3.63) is 46.5 Å².